The fourth-order valence-corrected chi connectivity index (χ4v) is 2.91. The van der Waals surface area contributed by atoms with Crippen molar-refractivity contribution in [2.24, 2.45) is 0 Å². The van der Waals surface area contributed by atoms with E-state index >= 15 is 0 Å². The maximum atomic E-state index is 9.93. The molecule has 7 heteroatoms. The standard InChI is InChI=1S/C16H17N5O2/c17-14-9-13(22)10-4-5-11(19-16(10)20-14)12-6-7-18-21(12)15-3-1-2-8-23-15/h4-7,9,15H,1-3,8H2,(H3,17,19,20,22). The van der Waals surface area contributed by atoms with Crippen LogP contribution >= 0.6 is 0 Å². The Bertz CT molecular complexity index is 855. The number of nitrogens with zero attached hydrogens (tertiary/aromatic N) is 4. The third-order valence-electron chi connectivity index (χ3n) is 4.03. The number of nitrogens with two attached hydrogens (primary N) is 1. The second-order valence-electron chi connectivity index (χ2n) is 5.62. The van der Waals surface area contributed by atoms with E-state index in [4.69, 9.17) is 10.5 Å². The molecule has 1 aliphatic rings. The quantitative estimate of drug-likeness (QED) is 0.754. The zero-order valence-corrected chi connectivity index (χ0v) is 12.5. The van der Waals surface area contributed by atoms with Crippen molar-refractivity contribution in [3.05, 3.63) is 30.5 Å². The molecule has 1 atom stereocenters. The summed E-state index contributed by atoms with van der Waals surface area (Å²) in [6.07, 6.45) is 4.83. The lowest BCUT2D eigenvalue weighted by Crippen LogP contribution is -2.20. The van der Waals surface area contributed by atoms with Crippen LogP contribution in [0.1, 0.15) is 25.5 Å². The number of hydrogen-bond donors (Lipinski definition) is 2. The lowest BCUT2D eigenvalue weighted by Gasteiger charge is -2.24. The van der Waals surface area contributed by atoms with Crippen LogP contribution in [0, 0.1) is 0 Å². The number of aromatic nitrogens is 4. The Morgan fingerprint density at radius 3 is 2.96 bits per heavy atom. The van der Waals surface area contributed by atoms with E-state index in [0.717, 1.165) is 37.3 Å². The molecule has 0 saturated carbocycles. The molecular formula is C16H17N5O2. The van der Waals surface area contributed by atoms with E-state index in [9.17, 15) is 5.11 Å². The van der Waals surface area contributed by atoms with Gasteiger partial charge in [-0.2, -0.15) is 5.10 Å². The molecule has 0 aromatic carbocycles. The molecule has 1 saturated heterocycles. The minimum Gasteiger partial charge on any atom is -0.507 e. The van der Waals surface area contributed by atoms with Crippen molar-refractivity contribution in [3.8, 4) is 17.1 Å². The summed E-state index contributed by atoms with van der Waals surface area (Å²) in [5, 5.41) is 14.9. The Balaban J connectivity index is 1.79. The van der Waals surface area contributed by atoms with Crippen molar-refractivity contribution in [1.82, 2.24) is 19.7 Å². The molecule has 23 heavy (non-hydrogen) atoms. The van der Waals surface area contributed by atoms with Gasteiger partial charge in [0.2, 0.25) is 0 Å². The van der Waals surface area contributed by atoms with Crippen molar-refractivity contribution < 1.29 is 9.84 Å². The lowest BCUT2D eigenvalue weighted by molar-refractivity contribution is -0.0384. The molecule has 0 amide bonds. The molecule has 3 N–H and O–H groups in total. The molecule has 0 spiro atoms. The highest BCUT2D eigenvalue weighted by Crippen LogP contribution is 2.30. The summed E-state index contributed by atoms with van der Waals surface area (Å²) in [7, 11) is 0. The van der Waals surface area contributed by atoms with Crippen LogP contribution < -0.4 is 5.73 Å². The first-order chi connectivity index (χ1) is 11.2. The van der Waals surface area contributed by atoms with Crippen LogP contribution in [0.2, 0.25) is 0 Å². The first-order valence-corrected chi connectivity index (χ1v) is 7.64. The Labute approximate surface area is 132 Å². The first-order valence-electron chi connectivity index (χ1n) is 7.64. The molecular weight excluding hydrogens is 294 g/mol. The number of fused-ring (bicyclic) bond motifs is 1. The molecule has 4 rings (SSSR count). The van der Waals surface area contributed by atoms with Gasteiger partial charge in [-0.1, -0.05) is 0 Å². The zero-order valence-electron chi connectivity index (χ0n) is 12.5. The van der Waals surface area contributed by atoms with E-state index in [1.54, 1.807) is 12.3 Å². The maximum Gasteiger partial charge on any atom is 0.165 e. The van der Waals surface area contributed by atoms with Gasteiger partial charge in [-0.05, 0) is 37.5 Å². The fraction of sp³-hybridized carbons (Fsp3) is 0.312. The van der Waals surface area contributed by atoms with Gasteiger partial charge in [0.05, 0.1) is 16.8 Å². The Morgan fingerprint density at radius 1 is 1.22 bits per heavy atom. The number of anilines is 1. The van der Waals surface area contributed by atoms with E-state index in [1.807, 2.05) is 16.8 Å². The second-order valence-corrected chi connectivity index (χ2v) is 5.62. The Kier molecular flexibility index (Phi) is 3.34. The van der Waals surface area contributed by atoms with Gasteiger partial charge in [-0.3, -0.25) is 0 Å². The largest absolute Gasteiger partial charge is 0.507 e. The smallest absolute Gasteiger partial charge is 0.165 e. The maximum absolute atomic E-state index is 9.93. The molecule has 7 nitrogen and oxygen atoms in total. The first kappa shape index (κ1) is 14.0. The summed E-state index contributed by atoms with van der Waals surface area (Å²) >= 11 is 0. The van der Waals surface area contributed by atoms with Crippen LogP contribution in [0.5, 0.6) is 5.75 Å². The van der Waals surface area contributed by atoms with Crippen molar-refractivity contribution in [2.45, 2.75) is 25.5 Å². The van der Waals surface area contributed by atoms with Gasteiger partial charge < -0.3 is 15.6 Å². The Hall–Kier alpha value is -2.67. The number of aromatic hydroxyl groups is 1. The van der Waals surface area contributed by atoms with E-state index in [0.29, 0.717) is 11.0 Å². The van der Waals surface area contributed by atoms with Crippen LogP contribution in [-0.4, -0.2) is 31.5 Å². The average molecular weight is 311 g/mol. The van der Waals surface area contributed by atoms with E-state index < -0.39 is 0 Å². The van der Waals surface area contributed by atoms with Gasteiger partial charge in [-0.15, -0.1) is 0 Å². The molecule has 1 aliphatic heterocycles. The summed E-state index contributed by atoms with van der Waals surface area (Å²) in [5.41, 5.74) is 7.69. The van der Waals surface area contributed by atoms with Gasteiger partial charge in [0.1, 0.15) is 11.6 Å². The normalized spacial score (nSPS) is 18.3. The molecule has 3 aromatic rings. The fourth-order valence-electron chi connectivity index (χ4n) is 2.91. The van der Waals surface area contributed by atoms with Crippen LogP contribution in [0.3, 0.4) is 0 Å². The minimum atomic E-state index is -0.0616. The number of pyridine rings is 2. The molecule has 4 heterocycles. The number of hydrogen-bond acceptors (Lipinski definition) is 6. The second kappa shape index (κ2) is 5.51. The molecule has 0 bridgehead atoms. The molecule has 1 unspecified atom stereocenters. The summed E-state index contributed by atoms with van der Waals surface area (Å²) in [4.78, 5) is 8.72. The predicted octanol–water partition coefficient (Wildman–Crippen LogP) is 2.48. The summed E-state index contributed by atoms with van der Waals surface area (Å²) in [6.45, 7) is 0.751. The third kappa shape index (κ3) is 2.49. The van der Waals surface area contributed by atoms with Crippen molar-refractivity contribution in [1.29, 1.82) is 0 Å². The van der Waals surface area contributed by atoms with Crippen LogP contribution in [-0.2, 0) is 4.74 Å². The van der Waals surface area contributed by atoms with Gasteiger partial charge in [0.15, 0.2) is 11.9 Å². The highest BCUT2D eigenvalue weighted by molar-refractivity contribution is 5.85. The average Bonchev–Trinajstić information content (AvgIpc) is 3.04. The third-order valence-corrected chi connectivity index (χ3v) is 4.03. The highest BCUT2D eigenvalue weighted by atomic mass is 16.5. The molecule has 0 radical (unpaired) electrons. The van der Waals surface area contributed by atoms with Crippen LogP contribution in [0.4, 0.5) is 5.82 Å². The van der Waals surface area contributed by atoms with Crippen molar-refractivity contribution in [3.63, 3.8) is 0 Å². The van der Waals surface area contributed by atoms with Crippen LogP contribution in [0.25, 0.3) is 22.4 Å². The zero-order chi connectivity index (χ0) is 15.8. The molecule has 118 valence electrons. The summed E-state index contributed by atoms with van der Waals surface area (Å²) in [5.74, 6) is 0.319. The van der Waals surface area contributed by atoms with E-state index in [1.165, 1.54) is 6.07 Å². The van der Waals surface area contributed by atoms with Crippen molar-refractivity contribution in [2.75, 3.05) is 12.3 Å². The van der Waals surface area contributed by atoms with Crippen molar-refractivity contribution >= 4 is 16.9 Å². The SMILES string of the molecule is Nc1cc(O)c2ccc(-c3ccnn3C3CCCCO3)nc2n1. The predicted molar refractivity (Wildman–Crippen MR) is 85.7 cm³/mol. The topological polar surface area (TPSA) is 99.1 Å². The number of nitrogen functional groups attached to an aromatic ring is 1. The molecule has 0 aliphatic carbocycles. The van der Waals surface area contributed by atoms with Crippen LogP contribution in [0.15, 0.2) is 30.5 Å². The minimum absolute atomic E-state index is 0.0616. The summed E-state index contributed by atoms with van der Waals surface area (Å²) < 4.78 is 7.67. The molecule has 3 aromatic heterocycles. The number of ether oxygens (including phenoxy) is 1. The monoisotopic (exact) mass is 311 g/mol. The lowest BCUT2D eigenvalue weighted by atomic mass is 10.1. The Morgan fingerprint density at radius 2 is 2.13 bits per heavy atom. The van der Waals surface area contributed by atoms with E-state index in [2.05, 4.69) is 15.1 Å². The highest BCUT2D eigenvalue weighted by Gasteiger charge is 2.20. The van der Waals surface area contributed by atoms with E-state index in [-0.39, 0.29) is 17.8 Å². The van der Waals surface area contributed by atoms with Gasteiger partial charge in [-0.25, -0.2) is 14.6 Å². The molecule has 1 fully saturated rings. The summed E-state index contributed by atoms with van der Waals surface area (Å²) in [6, 6.07) is 6.96. The van der Waals surface area contributed by atoms with Gasteiger partial charge >= 0.3 is 0 Å². The number of rotatable bonds is 2. The van der Waals surface area contributed by atoms with Gasteiger partial charge in [0, 0.05) is 18.9 Å². The van der Waals surface area contributed by atoms with Gasteiger partial charge in [0.25, 0.3) is 0 Å².